The number of anilines is 1. The molecule has 0 aromatic heterocycles. The van der Waals surface area contributed by atoms with Crippen molar-refractivity contribution in [2.24, 2.45) is 0 Å². The van der Waals surface area contributed by atoms with Crippen LogP contribution in [0, 0.1) is 12.7 Å². The lowest BCUT2D eigenvalue weighted by atomic mass is 10.0. The number of rotatable bonds is 14. The summed E-state index contributed by atoms with van der Waals surface area (Å²) in [5.74, 6) is -1.03. The normalized spacial score (nSPS) is 12.5. The molecular weight excluding hydrogens is 605 g/mol. The monoisotopic (exact) mass is 645 g/mol. The minimum absolute atomic E-state index is 0.0662. The largest absolute Gasteiger partial charge is 0.497 e. The summed E-state index contributed by atoms with van der Waals surface area (Å²) >= 11 is 0. The molecule has 0 heterocycles. The van der Waals surface area contributed by atoms with Crippen LogP contribution in [0.5, 0.6) is 5.75 Å². The lowest BCUT2D eigenvalue weighted by Crippen LogP contribution is -2.54. The van der Waals surface area contributed by atoms with Crippen LogP contribution in [-0.2, 0) is 32.6 Å². The van der Waals surface area contributed by atoms with Gasteiger partial charge in [-0.2, -0.15) is 0 Å². The first kappa shape index (κ1) is 34.2. The molecule has 46 heavy (non-hydrogen) atoms. The highest BCUT2D eigenvalue weighted by Gasteiger charge is 2.35. The van der Waals surface area contributed by atoms with E-state index in [0.29, 0.717) is 12.2 Å². The predicted octanol–water partition coefficient (Wildman–Crippen LogP) is 5.89. The molecule has 0 fully saturated rings. The van der Waals surface area contributed by atoms with Crippen LogP contribution < -0.4 is 14.4 Å². The van der Waals surface area contributed by atoms with Crippen molar-refractivity contribution in [1.29, 1.82) is 0 Å². The van der Waals surface area contributed by atoms with Crippen molar-refractivity contribution in [2.45, 2.75) is 57.1 Å². The van der Waals surface area contributed by atoms with Crippen LogP contribution in [0.1, 0.15) is 37.0 Å². The summed E-state index contributed by atoms with van der Waals surface area (Å²) in [6.07, 6.45) is 0.899. The molecule has 0 spiro atoms. The molecule has 4 aromatic carbocycles. The predicted molar refractivity (Wildman–Crippen MR) is 177 cm³/mol. The van der Waals surface area contributed by atoms with E-state index < -0.39 is 34.3 Å². The molecule has 2 atom stereocenters. The number of sulfonamides is 1. The summed E-state index contributed by atoms with van der Waals surface area (Å²) in [6.45, 7) is 5.20. The molecule has 10 heteroatoms. The van der Waals surface area contributed by atoms with Crippen molar-refractivity contribution < 1.29 is 27.1 Å². The third-order valence-electron chi connectivity index (χ3n) is 7.91. The van der Waals surface area contributed by atoms with Crippen molar-refractivity contribution >= 4 is 27.5 Å². The Labute approximate surface area is 270 Å². The Balaban J connectivity index is 1.81. The van der Waals surface area contributed by atoms with E-state index in [1.165, 1.54) is 48.4 Å². The zero-order valence-electron chi connectivity index (χ0n) is 26.5. The highest BCUT2D eigenvalue weighted by molar-refractivity contribution is 7.92. The van der Waals surface area contributed by atoms with Crippen molar-refractivity contribution in [3.05, 3.63) is 126 Å². The van der Waals surface area contributed by atoms with Crippen molar-refractivity contribution in [3.63, 3.8) is 0 Å². The van der Waals surface area contributed by atoms with E-state index in [1.807, 2.05) is 75.4 Å². The zero-order chi connectivity index (χ0) is 33.3. The van der Waals surface area contributed by atoms with Crippen LogP contribution >= 0.6 is 0 Å². The topological polar surface area (TPSA) is 96.0 Å². The van der Waals surface area contributed by atoms with Gasteiger partial charge in [0.15, 0.2) is 0 Å². The van der Waals surface area contributed by atoms with Gasteiger partial charge in [0.05, 0.1) is 17.7 Å². The molecule has 1 N–H and O–H groups in total. The van der Waals surface area contributed by atoms with E-state index >= 15 is 0 Å². The van der Waals surface area contributed by atoms with Crippen LogP contribution in [0.15, 0.2) is 108 Å². The van der Waals surface area contributed by atoms with Crippen LogP contribution in [0.4, 0.5) is 10.1 Å². The van der Waals surface area contributed by atoms with Gasteiger partial charge in [0, 0.05) is 19.0 Å². The van der Waals surface area contributed by atoms with Gasteiger partial charge in [-0.3, -0.25) is 13.9 Å². The minimum Gasteiger partial charge on any atom is -0.497 e. The highest BCUT2D eigenvalue weighted by atomic mass is 32.2. The minimum atomic E-state index is -4.32. The third kappa shape index (κ3) is 8.51. The summed E-state index contributed by atoms with van der Waals surface area (Å²) < 4.78 is 48.3. The van der Waals surface area contributed by atoms with E-state index in [-0.39, 0.29) is 35.5 Å². The van der Waals surface area contributed by atoms with Crippen LogP contribution in [0.2, 0.25) is 0 Å². The molecule has 8 nitrogen and oxygen atoms in total. The highest BCUT2D eigenvalue weighted by Crippen LogP contribution is 2.27. The molecule has 0 saturated heterocycles. The number of nitrogens with one attached hydrogen (secondary N) is 1. The Bertz CT molecular complexity index is 1720. The lowest BCUT2D eigenvalue weighted by molar-refractivity contribution is -0.140. The number of hydrogen-bond acceptors (Lipinski definition) is 5. The molecule has 242 valence electrons. The van der Waals surface area contributed by atoms with Crippen LogP contribution in [-0.4, -0.2) is 50.9 Å². The van der Waals surface area contributed by atoms with Gasteiger partial charge in [-0.05, 0) is 85.5 Å². The third-order valence-corrected chi connectivity index (χ3v) is 9.70. The number of amides is 2. The fourth-order valence-corrected chi connectivity index (χ4v) is 6.39. The number of aryl methyl sites for hydroxylation is 1. The Morgan fingerprint density at radius 1 is 0.891 bits per heavy atom. The Morgan fingerprint density at radius 3 is 2.13 bits per heavy atom. The Morgan fingerprint density at radius 2 is 1.52 bits per heavy atom. The number of carbonyl (C=O) groups excluding carboxylic acids is 2. The van der Waals surface area contributed by atoms with E-state index in [1.54, 1.807) is 0 Å². The number of carbonyl (C=O) groups is 2. The molecule has 0 aliphatic rings. The second-order valence-corrected chi connectivity index (χ2v) is 13.0. The molecule has 0 saturated carbocycles. The number of ether oxygens (including phenoxy) is 1. The fraction of sp³-hybridized carbons (Fsp3) is 0.278. The summed E-state index contributed by atoms with van der Waals surface area (Å²) in [4.78, 5) is 29.8. The standard InChI is InChI=1S/C36H40FN3O5S/c1-5-27(3)38-36(42)34(23-28-12-7-6-8-13-28)39(24-29-14-10-9-11-26(29)2)35(41)25-40(31-17-15-30(37)16-18-31)46(43,44)33-21-19-32(45-4)20-22-33/h6-22,27,34H,5,23-25H2,1-4H3,(H,38,42)/t27-,34+/m0/s1. The molecule has 4 rings (SSSR count). The van der Waals surface area contributed by atoms with E-state index in [0.717, 1.165) is 33.1 Å². The Kier molecular flexibility index (Phi) is 11.5. The SMILES string of the molecule is CC[C@H](C)NC(=O)[C@@H](Cc1ccccc1)N(Cc1ccccc1C)C(=O)CN(c1ccc(F)cc1)S(=O)(=O)c1ccc(OC)cc1. The summed E-state index contributed by atoms with van der Waals surface area (Å²) in [6, 6.07) is 26.5. The molecule has 0 aliphatic heterocycles. The van der Waals surface area contributed by atoms with Crippen molar-refractivity contribution in [2.75, 3.05) is 18.0 Å². The van der Waals surface area contributed by atoms with Crippen LogP contribution in [0.25, 0.3) is 0 Å². The summed E-state index contributed by atoms with van der Waals surface area (Å²) in [7, 11) is -2.85. The van der Waals surface area contributed by atoms with Crippen molar-refractivity contribution in [1.82, 2.24) is 10.2 Å². The first-order valence-electron chi connectivity index (χ1n) is 15.1. The zero-order valence-corrected chi connectivity index (χ0v) is 27.3. The molecule has 0 unspecified atom stereocenters. The maximum atomic E-state index is 14.5. The fourth-order valence-electron chi connectivity index (χ4n) is 4.98. The molecule has 2 amide bonds. The maximum Gasteiger partial charge on any atom is 0.264 e. The maximum absolute atomic E-state index is 14.5. The quantitative estimate of drug-likeness (QED) is 0.185. The van der Waals surface area contributed by atoms with Gasteiger partial charge in [0.2, 0.25) is 11.8 Å². The van der Waals surface area contributed by atoms with Gasteiger partial charge < -0.3 is 15.0 Å². The summed E-state index contributed by atoms with van der Waals surface area (Å²) in [5.41, 5.74) is 2.68. The van der Waals surface area contributed by atoms with Gasteiger partial charge in [0.1, 0.15) is 24.2 Å². The molecule has 0 bridgehead atoms. The van der Waals surface area contributed by atoms with Gasteiger partial charge in [0.25, 0.3) is 10.0 Å². The number of methoxy groups -OCH3 is 1. The van der Waals surface area contributed by atoms with Gasteiger partial charge in [-0.1, -0.05) is 61.5 Å². The summed E-state index contributed by atoms with van der Waals surface area (Å²) in [5, 5.41) is 3.03. The van der Waals surface area contributed by atoms with Gasteiger partial charge in [-0.15, -0.1) is 0 Å². The molecule has 4 aromatic rings. The number of benzene rings is 4. The van der Waals surface area contributed by atoms with E-state index in [4.69, 9.17) is 4.74 Å². The van der Waals surface area contributed by atoms with E-state index in [9.17, 15) is 22.4 Å². The lowest BCUT2D eigenvalue weighted by Gasteiger charge is -2.34. The number of halogens is 1. The molecule has 0 radical (unpaired) electrons. The van der Waals surface area contributed by atoms with Gasteiger partial charge >= 0.3 is 0 Å². The molecular formula is C36H40FN3O5S. The van der Waals surface area contributed by atoms with Crippen molar-refractivity contribution in [3.8, 4) is 5.75 Å². The molecule has 0 aliphatic carbocycles. The average molecular weight is 646 g/mol. The average Bonchev–Trinajstić information content (AvgIpc) is 3.06. The van der Waals surface area contributed by atoms with E-state index in [2.05, 4.69) is 5.32 Å². The first-order valence-corrected chi connectivity index (χ1v) is 16.6. The second kappa shape index (κ2) is 15.5. The first-order chi connectivity index (χ1) is 22.0. The number of nitrogens with zero attached hydrogens (tertiary/aromatic N) is 2. The van der Waals surface area contributed by atoms with Crippen LogP contribution in [0.3, 0.4) is 0 Å². The Hall–Kier alpha value is -4.70. The smallest absolute Gasteiger partial charge is 0.264 e. The van der Waals surface area contributed by atoms with Gasteiger partial charge in [-0.25, -0.2) is 12.8 Å². The number of hydrogen-bond donors (Lipinski definition) is 1. The second-order valence-electron chi connectivity index (χ2n) is 11.1.